The zero-order valence-corrected chi connectivity index (χ0v) is 14.4. The molecule has 0 saturated carbocycles. The summed E-state index contributed by atoms with van der Waals surface area (Å²) in [7, 11) is -3.94. The first-order valence-corrected chi connectivity index (χ1v) is 9.58. The highest BCUT2D eigenvalue weighted by atomic mass is 32.2. The highest BCUT2D eigenvalue weighted by Crippen LogP contribution is 2.44. The summed E-state index contributed by atoms with van der Waals surface area (Å²) in [4.78, 5) is -0.187. The number of hydrogen-bond acceptors (Lipinski definition) is 4. The minimum Gasteiger partial charge on any atom is -0.489 e. The number of halogens is 2. The standard InChI is InChI=1S/C18H17F2NO3S/c1-10-6-12(25(22,23)11-2-3-15(19)16(20)8-11)7-13-14-9-21-5-4-17(14)24-18(10)13/h2-3,6-8,14,17,21H,4-5,9H2,1H3. The molecule has 4 rings (SSSR count). The van der Waals surface area contributed by atoms with Gasteiger partial charge in [0.2, 0.25) is 9.84 Å². The van der Waals surface area contributed by atoms with Crippen LogP contribution in [0.4, 0.5) is 8.78 Å². The van der Waals surface area contributed by atoms with Crippen molar-refractivity contribution in [1.29, 1.82) is 0 Å². The van der Waals surface area contributed by atoms with Crippen LogP contribution in [-0.4, -0.2) is 27.6 Å². The summed E-state index contributed by atoms with van der Waals surface area (Å²) in [6.07, 6.45) is 0.917. The number of piperidine rings is 1. The van der Waals surface area contributed by atoms with E-state index in [0.717, 1.165) is 48.5 Å². The van der Waals surface area contributed by atoms with E-state index in [2.05, 4.69) is 5.32 Å². The van der Waals surface area contributed by atoms with Gasteiger partial charge in [-0.3, -0.25) is 0 Å². The van der Waals surface area contributed by atoms with Crippen molar-refractivity contribution in [1.82, 2.24) is 5.32 Å². The fourth-order valence-corrected chi connectivity index (χ4v) is 4.97. The Labute approximate surface area is 144 Å². The molecule has 0 spiro atoms. The first-order chi connectivity index (χ1) is 11.9. The maximum absolute atomic E-state index is 13.5. The molecule has 1 fully saturated rings. The molecule has 0 aromatic heterocycles. The molecule has 2 heterocycles. The Morgan fingerprint density at radius 1 is 1.12 bits per heavy atom. The molecule has 2 aromatic carbocycles. The van der Waals surface area contributed by atoms with Gasteiger partial charge in [-0.25, -0.2) is 17.2 Å². The number of fused-ring (bicyclic) bond motifs is 3. The van der Waals surface area contributed by atoms with E-state index >= 15 is 0 Å². The van der Waals surface area contributed by atoms with Gasteiger partial charge in [-0.05, 0) is 55.8 Å². The van der Waals surface area contributed by atoms with E-state index in [0.29, 0.717) is 6.07 Å². The van der Waals surface area contributed by atoms with Gasteiger partial charge in [0.15, 0.2) is 11.6 Å². The number of rotatable bonds is 2. The van der Waals surface area contributed by atoms with Crippen molar-refractivity contribution >= 4 is 9.84 Å². The third-order valence-corrected chi connectivity index (χ3v) is 6.61. The first-order valence-electron chi connectivity index (χ1n) is 8.10. The number of hydrogen-bond donors (Lipinski definition) is 1. The van der Waals surface area contributed by atoms with Gasteiger partial charge in [0.1, 0.15) is 11.9 Å². The lowest BCUT2D eigenvalue weighted by molar-refractivity contribution is 0.171. The highest BCUT2D eigenvalue weighted by Gasteiger charge is 2.38. The second-order valence-corrected chi connectivity index (χ2v) is 8.44. The molecule has 2 aliphatic rings. The van der Waals surface area contributed by atoms with Gasteiger partial charge in [-0.1, -0.05) is 0 Å². The van der Waals surface area contributed by atoms with Gasteiger partial charge in [-0.15, -0.1) is 0 Å². The molecule has 1 saturated heterocycles. The van der Waals surface area contributed by atoms with Crippen LogP contribution in [0.25, 0.3) is 0 Å². The van der Waals surface area contributed by atoms with Crippen molar-refractivity contribution in [3.8, 4) is 5.75 Å². The van der Waals surface area contributed by atoms with Crippen LogP contribution in [0.1, 0.15) is 23.5 Å². The van der Waals surface area contributed by atoms with Crippen LogP contribution in [0.2, 0.25) is 0 Å². The molecular formula is C18H17F2NO3S. The Bertz CT molecular complexity index is 959. The predicted octanol–water partition coefficient (Wildman–Crippen LogP) is 2.94. The zero-order chi connectivity index (χ0) is 17.8. The van der Waals surface area contributed by atoms with Crippen molar-refractivity contribution in [2.24, 2.45) is 0 Å². The molecule has 132 valence electrons. The quantitative estimate of drug-likeness (QED) is 0.832. The molecule has 0 amide bonds. The lowest BCUT2D eigenvalue weighted by atomic mass is 9.90. The number of sulfone groups is 1. The van der Waals surface area contributed by atoms with E-state index in [1.54, 1.807) is 13.0 Å². The SMILES string of the molecule is Cc1cc(S(=O)(=O)c2ccc(F)c(F)c2)cc2c1OC1CCNCC21. The molecule has 7 heteroatoms. The Morgan fingerprint density at radius 2 is 1.92 bits per heavy atom. The largest absolute Gasteiger partial charge is 0.489 e. The smallest absolute Gasteiger partial charge is 0.206 e. The maximum atomic E-state index is 13.5. The predicted molar refractivity (Wildman–Crippen MR) is 87.6 cm³/mol. The van der Waals surface area contributed by atoms with Crippen LogP contribution in [-0.2, 0) is 9.84 Å². The Balaban J connectivity index is 1.81. The van der Waals surface area contributed by atoms with E-state index < -0.39 is 21.5 Å². The normalized spacial score (nSPS) is 22.2. The van der Waals surface area contributed by atoms with E-state index in [-0.39, 0.29) is 21.8 Å². The maximum Gasteiger partial charge on any atom is 0.206 e. The summed E-state index contributed by atoms with van der Waals surface area (Å²) in [5.74, 6) is -1.42. The second kappa shape index (κ2) is 5.78. The topological polar surface area (TPSA) is 55.4 Å². The summed E-state index contributed by atoms with van der Waals surface area (Å²) in [5, 5.41) is 3.30. The molecule has 2 atom stereocenters. The van der Waals surface area contributed by atoms with Gasteiger partial charge in [-0.2, -0.15) is 0 Å². The number of benzene rings is 2. The van der Waals surface area contributed by atoms with Gasteiger partial charge in [0, 0.05) is 18.0 Å². The van der Waals surface area contributed by atoms with Crippen molar-refractivity contribution < 1.29 is 21.9 Å². The Morgan fingerprint density at radius 3 is 2.68 bits per heavy atom. The fraction of sp³-hybridized carbons (Fsp3) is 0.333. The van der Waals surface area contributed by atoms with E-state index in [1.807, 2.05) is 0 Å². The monoisotopic (exact) mass is 365 g/mol. The lowest BCUT2D eigenvalue weighted by Crippen LogP contribution is -2.37. The van der Waals surface area contributed by atoms with Gasteiger partial charge in [0.05, 0.1) is 9.79 Å². The van der Waals surface area contributed by atoms with Crippen LogP contribution >= 0.6 is 0 Å². The molecular weight excluding hydrogens is 348 g/mol. The third-order valence-electron chi connectivity index (χ3n) is 4.88. The zero-order valence-electron chi connectivity index (χ0n) is 13.6. The minimum atomic E-state index is -3.94. The van der Waals surface area contributed by atoms with E-state index in [4.69, 9.17) is 4.74 Å². The Hall–Kier alpha value is -1.99. The van der Waals surface area contributed by atoms with Gasteiger partial charge < -0.3 is 10.1 Å². The van der Waals surface area contributed by atoms with E-state index in [1.165, 1.54) is 6.07 Å². The number of nitrogens with one attached hydrogen (secondary N) is 1. The summed E-state index contributed by atoms with van der Waals surface area (Å²) < 4.78 is 58.3. The molecule has 25 heavy (non-hydrogen) atoms. The first kappa shape index (κ1) is 16.5. The molecule has 0 bridgehead atoms. The molecule has 2 aliphatic heterocycles. The van der Waals surface area contributed by atoms with Crippen molar-refractivity contribution in [3.05, 3.63) is 53.1 Å². The van der Waals surface area contributed by atoms with Crippen LogP contribution < -0.4 is 10.1 Å². The lowest BCUT2D eigenvalue weighted by Gasteiger charge is -2.24. The number of aryl methyl sites for hydroxylation is 1. The van der Waals surface area contributed by atoms with Gasteiger partial charge in [0.25, 0.3) is 0 Å². The second-order valence-electron chi connectivity index (χ2n) is 6.49. The highest BCUT2D eigenvalue weighted by molar-refractivity contribution is 7.91. The minimum absolute atomic E-state index is 0.0520. The Kier molecular flexibility index (Phi) is 3.81. The number of ether oxygens (including phenoxy) is 1. The van der Waals surface area contributed by atoms with Crippen LogP contribution in [0, 0.1) is 18.6 Å². The molecule has 2 unspecified atom stereocenters. The van der Waals surface area contributed by atoms with Crippen LogP contribution in [0.3, 0.4) is 0 Å². The van der Waals surface area contributed by atoms with Gasteiger partial charge >= 0.3 is 0 Å². The van der Waals surface area contributed by atoms with E-state index in [9.17, 15) is 17.2 Å². The fourth-order valence-electron chi connectivity index (χ4n) is 3.58. The summed E-state index contributed by atoms with van der Waals surface area (Å²) in [5.41, 5.74) is 1.59. The molecule has 2 aromatic rings. The molecule has 4 nitrogen and oxygen atoms in total. The van der Waals surface area contributed by atoms with Crippen LogP contribution in [0.5, 0.6) is 5.75 Å². The van der Waals surface area contributed by atoms with Crippen molar-refractivity contribution in [2.75, 3.05) is 13.1 Å². The summed E-state index contributed by atoms with van der Waals surface area (Å²) >= 11 is 0. The van der Waals surface area contributed by atoms with Crippen molar-refractivity contribution in [2.45, 2.75) is 35.2 Å². The van der Waals surface area contributed by atoms with Crippen LogP contribution in [0.15, 0.2) is 40.1 Å². The third kappa shape index (κ3) is 2.62. The molecule has 0 aliphatic carbocycles. The molecule has 1 N–H and O–H groups in total. The van der Waals surface area contributed by atoms with Crippen molar-refractivity contribution in [3.63, 3.8) is 0 Å². The summed E-state index contributed by atoms with van der Waals surface area (Å²) in [6, 6.07) is 5.76. The average molecular weight is 365 g/mol. The summed E-state index contributed by atoms with van der Waals surface area (Å²) in [6.45, 7) is 3.40. The average Bonchev–Trinajstić information content (AvgIpc) is 2.97. The molecule has 0 radical (unpaired) electrons.